The number of rotatable bonds is 6. The number of anilines is 2. The zero-order chi connectivity index (χ0) is 19.2. The summed E-state index contributed by atoms with van der Waals surface area (Å²) in [7, 11) is 0. The molecule has 1 aromatic carbocycles. The summed E-state index contributed by atoms with van der Waals surface area (Å²) < 4.78 is 32.0. The lowest BCUT2D eigenvalue weighted by Crippen LogP contribution is -2.39. The molecule has 27 heavy (non-hydrogen) atoms. The number of benzene rings is 1. The number of nitrogens with one attached hydrogen (secondary N) is 2. The van der Waals surface area contributed by atoms with Crippen LogP contribution in [0, 0.1) is 18.6 Å². The molecule has 0 atom stereocenters. The van der Waals surface area contributed by atoms with Gasteiger partial charge in [-0.15, -0.1) is 0 Å². The summed E-state index contributed by atoms with van der Waals surface area (Å²) in [5.74, 6) is -1.23. The van der Waals surface area contributed by atoms with Gasteiger partial charge in [-0.3, -0.25) is 9.69 Å². The monoisotopic (exact) mass is 377 g/mol. The summed E-state index contributed by atoms with van der Waals surface area (Å²) in [5, 5.41) is 5.57. The smallest absolute Gasteiger partial charge is 0.274 e. The highest BCUT2D eigenvalue weighted by Crippen LogP contribution is 2.16. The van der Waals surface area contributed by atoms with Gasteiger partial charge in [0.1, 0.15) is 29.0 Å². The maximum absolute atomic E-state index is 13.7. The van der Waals surface area contributed by atoms with Crippen molar-refractivity contribution >= 4 is 17.4 Å². The van der Waals surface area contributed by atoms with Gasteiger partial charge in [0.05, 0.1) is 18.9 Å². The average Bonchev–Trinajstić information content (AvgIpc) is 2.64. The van der Waals surface area contributed by atoms with Crippen LogP contribution in [0.5, 0.6) is 0 Å². The van der Waals surface area contributed by atoms with Crippen molar-refractivity contribution in [1.82, 2.24) is 14.9 Å². The van der Waals surface area contributed by atoms with Crippen molar-refractivity contribution in [2.75, 3.05) is 50.0 Å². The Labute approximate surface area is 155 Å². The van der Waals surface area contributed by atoms with Crippen LogP contribution in [0.3, 0.4) is 0 Å². The van der Waals surface area contributed by atoms with Gasteiger partial charge in [-0.2, -0.15) is 0 Å². The second kappa shape index (κ2) is 8.83. The van der Waals surface area contributed by atoms with E-state index in [-0.39, 0.29) is 11.4 Å². The zero-order valence-corrected chi connectivity index (χ0v) is 15.0. The molecule has 1 aromatic heterocycles. The summed E-state index contributed by atoms with van der Waals surface area (Å²) in [4.78, 5) is 23.0. The number of ether oxygens (including phenoxy) is 1. The number of amides is 1. The van der Waals surface area contributed by atoms with Crippen molar-refractivity contribution in [3.05, 3.63) is 47.4 Å². The van der Waals surface area contributed by atoms with E-state index in [0.717, 1.165) is 45.0 Å². The van der Waals surface area contributed by atoms with Gasteiger partial charge in [-0.05, 0) is 19.1 Å². The minimum atomic E-state index is -0.849. The van der Waals surface area contributed by atoms with Crippen LogP contribution in [0.2, 0.25) is 0 Å². The standard InChI is InChI=1S/C18H21F2N5O2/c1-12-22-16(18(26)24-15-3-2-13(19)10-14(15)20)11-17(23-12)21-4-5-25-6-8-27-9-7-25/h2-3,10-11H,4-9H2,1H3,(H,24,26)(H,21,22,23). The van der Waals surface area contributed by atoms with E-state index in [1.54, 1.807) is 6.92 Å². The summed E-state index contributed by atoms with van der Waals surface area (Å²) in [6, 6.07) is 4.45. The Morgan fingerprint density at radius 2 is 2.00 bits per heavy atom. The maximum Gasteiger partial charge on any atom is 0.274 e. The number of nitrogens with zero attached hydrogens (tertiary/aromatic N) is 3. The predicted octanol–water partition coefficient (Wildman–Crippen LogP) is 2.06. The molecular weight excluding hydrogens is 356 g/mol. The Hall–Kier alpha value is -2.65. The summed E-state index contributed by atoms with van der Waals surface area (Å²) in [5.41, 5.74) is -0.0143. The van der Waals surface area contributed by atoms with Crippen LogP contribution < -0.4 is 10.6 Å². The lowest BCUT2D eigenvalue weighted by molar-refractivity contribution is 0.0398. The van der Waals surface area contributed by atoms with Gasteiger partial charge in [0.25, 0.3) is 5.91 Å². The Kier molecular flexibility index (Phi) is 6.25. The Morgan fingerprint density at radius 1 is 1.22 bits per heavy atom. The first-order chi connectivity index (χ1) is 13.0. The van der Waals surface area contributed by atoms with Gasteiger partial charge in [0.2, 0.25) is 0 Å². The van der Waals surface area contributed by atoms with Crippen LogP contribution in [-0.2, 0) is 4.74 Å². The van der Waals surface area contributed by atoms with E-state index in [9.17, 15) is 13.6 Å². The third-order valence-corrected chi connectivity index (χ3v) is 4.09. The third-order valence-electron chi connectivity index (χ3n) is 4.09. The van der Waals surface area contributed by atoms with Gasteiger partial charge in [0, 0.05) is 38.3 Å². The Balaban J connectivity index is 1.62. The minimum Gasteiger partial charge on any atom is -0.379 e. The fraction of sp³-hybridized carbons (Fsp3) is 0.389. The molecule has 1 aliphatic heterocycles. The number of hydrogen-bond donors (Lipinski definition) is 2. The minimum absolute atomic E-state index is 0.0973. The average molecular weight is 377 g/mol. The first-order valence-electron chi connectivity index (χ1n) is 8.67. The second-order valence-corrected chi connectivity index (χ2v) is 6.14. The molecule has 0 radical (unpaired) electrons. The van der Waals surface area contributed by atoms with E-state index in [1.807, 2.05) is 0 Å². The molecule has 2 N–H and O–H groups in total. The fourth-order valence-electron chi connectivity index (χ4n) is 2.72. The van der Waals surface area contributed by atoms with Gasteiger partial charge >= 0.3 is 0 Å². The van der Waals surface area contributed by atoms with Crippen molar-refractivity contribution < 1.29 is 18.3 Å². The molecule has 0 saturated carbocycles. The molecule has 0 bridgehead atoms. The second-order valence-electron chi connectivity index (χ2n) is 6.14. The molecule has 9 heteroatoms. The van der Waals surface area contributed by atoms with Crippen molar-refractivity contribution in [3.63, 3.8) is 0 Å². The van der Waals surface area contributed by atoms with E-state index in [4.69, 9.17) is 4.74 Å². The highest BCUT2D eigenvalue weighted by atomic mass is 19.1. The van der Waals surface area contributed by atoms with E-state index >= 15 is 0 Å². The van der Waals surface area contributed by atoms with Crippen LogP contribution in [0.15, 0.2) is 24.3 Å². The van der Waals surface area contributed by atoms with Crippen molar-refractivity contribution in [3.8, 4) is 0 Å². The number of carbonyl (C=O) groups excluding carboxylic acids is 1. The third kappa shape index (κ3) is 5.41. The first kappa shape index (κ1) is 19.1. The fourth-order valence-corrected chi connectivity index (χ4v) is 2.72. The van der Waals surface area contributed by atoms with E-state index in [1.165, 1.54) is 6.07 Å². The topological polar surface area (TPSA) is 79.4 Å². The lowest BCUT2D eigenvalue weighted by atomic mass is 10.2. The van der Waals surface area contributed by atoms with Crippen LogP contribution in [-0.4, -0.2) is 60.2 Å². The molecule has 1 amide bonds. The lowest BCUT2D eigenvalue weighted by Gasteiger charge is -2.26. The molecule has 7 nitrogen and oxygen atoms in total. The number of morpholine rings is 1. The van der Waals surface area contributed by atoms with E-state index < -0.39 is 17.5 Å². The van der Waals surface area contributed by atoms with E-state index in [0.29, 0.717) is 24.3 Å². The predicted molar refractivity (Wildman–Crippen MR) is 96.8 cm³/mol. The SMILES string of the molecule is Cc1nc(NCCN2CCOCC2)cc(C(=O)Nc2ccc(F)cc2F)n1. The first-order valence-corrected chi connectivity index (χ1v) is 8.67. The molecule has 1 aliphatic rings. The summed E-state index contributed by atoms with van der Waals surface area (Å²) in [6.45, 7) is 6.40. The van der Waals surface area contributed by atoms with Crippen molar-refractivity contribution in [2.45, 2.75) is 6.92 Å². The molecule has 0 spiro atoms. The molecule has 3 rings (SSSR count). The van der Waals surface area contributed by atoms with Crippen LogP contribution >= 0.6 is 0 Å². The van der Waals surface area contributed by atoms with Gasteiger partial charge in [0.15, 0.2) is 0 Å². The Bertz CT molecular complexity index is 812. The highest BCUT2D eigenvalue weighted by Gasteiger charge is 2.14. The molecule has 2 heterocycles. The molecule has 1 fully saturated rings. The molecule has 2 aromatic rings. The van der Waals surface area contributed by atoms with Crippen molar-refractivity contribution in [2.24, 2.45) is 0 Å². The number of aryl methyl sites for hydroxylation is 1. The normalized spacial score (nSPS) is 14.8. The summed E-state index contributed by atoms with van der Waals surface area (Å²) >= 11 is 0. The molecular formula is C18H21F2N5O2. The number of hydrogen-bond acceptors (Lipinski definition) is 6. The van der Waals surface area contributed by atoms with Gasteiger partial charge in [-0.1, -0.05) is 0 Å². The van der Waals surface area contributed by atoms with Crippen molar-refractivity contribution in [1.29, 1.82) is 0 Å². The molecule has 0 unspecified atom stereocenters. The number of halogens is 2. The van der Waals surface area contributed by atoms with Gasteiger partial charge in [-0.25, -0.2) is 18.7 Å². The van der Waals surface area contributed by atoms with Crippen LogP contribution in [0.4, 0.5) is 20.3 Å². The van der Waals surface area contributed by atoms with E-state index in [2.05, 4.69) is 25.5 Å². The molecule has 144 valence electrons. The Morgan fingerprint density at radius 3 is 2.74 bits per heavy atom. The molecule has 1 saturated heterocycles. The largest absolute Gasteiger partial charge is 0.379 e. The van der Waals surface area contributed by atoms with Gasteiger partial charge < -0.3 is 15.4 Å². The highest BCUT2D eigenvalue weighted by molar-refractivity contribution is 6.03. The van der Waals surface area contributed by atoms with Crippen LogP contribution in [0.25, 0.3) is 0 Å². The number of carbonyl (C=O) groups is 1. The zero-order valence-electron chi connectivity index (χ0n) is 15.0. The quantitative estimate of drug-likeness (QED) is 0.802. The maximum atomic E-state index is 13.7. The molecule has 0 aliphatic carbocycles. The number of aromatic nitrogens is 2. The summed E-state index contributed by atoms with van der Waals surface area (Å²) in [6.07, 6.45) is 0. The van der Waals surface area contributed by atoms with Crippen LogP contribution in [0.1, 0.15) is 16.3 Å².